The molecule has 18 heavy (non-hydrogen) atoms. The molecule has 0 aliphatic heterocycles. The monoisotopic (exact) mass is 247 g/mol. The van der Waals surface area contributed by atoms with Crippen molar-refractivity contribution in [3.05, 3.63) is 18.0 Å². The summed E-state index contributed by atoms with van der Waals surface area (Å²) in [5.41, 5.74) is 1.25. The third-order valence-electron chi connectivity index (χ3n) is 4.79. The van der Waals surface area contributed by atoms with Gasteiger partial charge in [0.15, 0.2) is 0 Å². The molecule has 3 nitrogen and oxygen atoms in total. The van der Waals surface area contributed by atoms with Gasteiger partial charge in [-0.3, -0.25) is 4.68 Å². The van der Waals surface area contributed by atoms with Gasteiger partial charge < -0.3 is 5.32 Å². The number of rotatable bonds is 6. The fourth-order valence-electron chi connectivity index (χ4n) is 3.95. The first kappa shape index (κ1) is 12.2. The van der Waals surface area contributed by atoms with Crippen LogP contribution in [0.1, 0.15) is 38.3 Å². The molecule has 3 rings (SSSR count). The van der Waals surface area contributed by atoms with Crippen molar-refractivity contribution in [2.75, 3.05) is 6.54 Å². The number of aromatic nitrogens is 2. The summed E-state index contributed by atoms with van der Waals surface area (Å²) >= 11 is 0. The molecule has 100 valence electrons. The van der Waals surface area contributed by atoms with E-state index in [1.807, 2.05) is 11.7 Å². The van der Waals surface area contributed by atoms with E-state index in [9.17, 15) is 0 Å². The highest BCUT2D eigenvalue weighted by Gasteiger charge is 2.55. The van der Waals surface area contributed by atoms with Gasteiger partial charge in [-0.25, -0.2) is 0 Å². The molecule has 2 saturated carbocycles. The minimum absolute atomic E-state index is 0.662. The largest absolute Gasteiger partial charge is 0.313 e. The van der Waals surface area contributed by atoms with Gasteiger partial charge in [-0.2, -0.15) is 5.10 Å². The Hall–Kier alpha value is -0.830. The lowest BCUT2D eigenvalue weighted by atomic mass is 9.99. The highest BCUT2D eigenvalue weighted by molar-refractivity contribution is 5.10. The van der Waals surface area contributed by atoms with Gasteiger partial charge in [0, 0.05) is 25.7 Å². The van der Waals surface area contributed by atoms with E-state index in [1.165, 1.54) is 31.4 Å². The second-order valence-electron chi connectivity index (χ2n) is 6.08. The van der Waals surface area contributed by atoms with Crippen LogP contribution in [0.4, 0.5) is 0 Å². The Bertz CT molecular complexity index is 388. The molecule has 0 saturated heterocycles. The maximum atomic E-state index is 4.54. The molecule has 1 aromatic rings. The number of hydrogen-bond donors (Lipinski definition) is 1. The lowest BCUT2D eigenvalue weighted by Crippen LogP contribution is -2.35. The van der Waals surface area contributed by atoms with E-state index in [4.69, 9.17) is 0 Å². The zero-order chi connectivity index (χ0) is 12.5. The van der Waals surface area contributed by atoms with E-state index in [-0.39, 0.29) is 0 Å². The van der Waals surface area contributed by atoms with Crippen molar-refractivity contribution in [1.29, 1.82) is 0 Å². The first-order valence-electron chi connectivity index (χ1n) is 7.51. The molecule has 3 heteroatoms. The van der Waals surface area contributed by atoms with Gasteiger partial charge in [0.05, 0.1) is 5.69 Å². The first-order valence-corrected chi connectivity index (χ1v) is 7.51. The average molecular weight is 247 g/mol. The van der Waals surface area contributed by atoms with Crippen LogP contribution in [-0.4, -0.2) is 22.4 Å². The van der Waals surface area contributed by atoms with E-state index < -0.39 is 0 Å². The van der Waals surface area contributed by atoms with Gasteiger partial charge in [0.25, 0.3) is 0 Å². The molecular formula is C15H25N3. The van der Waals surface area contributed by atoms with Gasteiger partial charge in [0.2, 0.25) is 0 Å². The third kappa shape index (κ3) is 2.33. The fraction of sp³-hybridized carbons (Fsp3) is 0.800. The number of nitrogens with one attached hydrogen (secondary N) is 1. The van der Waals surface area contributed by atoms with Crippen molar-refractivity contribution in [3.8, 4) is 0 Å². The average Bonchev–Trinajstić information content (AvgIpc) is 2.74. The molecule has 0 amide bonds. The van der Waals surface area contributed by atoms with Crippen molar-refractivity contribution in [2.24, 2.45) is 24.8 Å². The van der Waals surface area contributed by atoms with Crippen LogP contribution in [0, 0.1) is 17.8 Å². The van der Waals surface area contributed by atoms with Crippen LogP contribution in [0.3, 0.4) is 0 Å². The normalized spacial score (nSPS) is 31.3. The van der Waals surface area contributed by atoms with Crippen LogP contribution in [0.5, 0.6) is 0 Å². The number of nitrogens with zero attached hydrogens (tertiary/aromatic N) is 2. The van der Waals surface area contributed by atoms with E-state index in [0.717, 1.165) is 30.7 Å². The molecule has 0 spiro atoms. The molecular weight excluding hydrogens is 222 g/mol. The van der Waals surface area contributed by atoms with Crippen LogP contribution in [0.25, 0.3) is 0 Å². The van der Waals surface area contributed by atoms with Gasteiger partial charge in [0.1, 0.15) is 0 Å². The van der Waals surface area contributed by atoms with Gasteiger partial charge in [-0.1, -0.05) is 13.3 Å². The first-order chi connectivity index (χ1) is 8.79. The van der Waals surface area contributed by atoms with Crippen LogP contribution in [0.2, 0.25) is 0 Å². The highest BCUT2D eigenvalue weighted by atomic mass is 15.2. The van der Waals surface area contributed by atoms with E-state index >= 15 is 0 Å². The van der Waals surface area contributed by atoms with Crippen LogP contribution < -0.4 is 5.32 Å². The van der Waals surface area contributed by atoms with Crippen LogP contribution >= 0.6 is 0 Å². The maximum absolute atomic E-state index is 4.54. The smallest absolute Gasteiger partial charge is 0.0640 e. The van der Waals surface area contributed by atoms with Crippen molar-refractivity contribution < 1.29 is 0 Å². The van der Waals surface area contributed by atoms with E-state index in [2.05, 4.69) is 29.6 Å². The Labute approximate surface area is 110 Å². The molecule has 1 heterocycles. The lowest BCUT2D eigenvalue weighted by molar-refractivity contribution is 0.400. The summed E-state index contributed by atoms with van der Waals surface area (Å²) in [4.78, 5) is 0. The quantitative estimate of drug-likeness (QED) is 0.836. The standard InChI is InChI=1S/C15H25N3/c1-3-8-16-14(10-11-7-9-18(2)17-11)15-12-5-4-6-13(12)15/h7,9,12-16H,3-6,8,10H2,1-2H3. The fourth-order valence-corrected chi connectivity index (χ4v) is 3.95. The molecule has 0 aromatic carbocycles. The summed E-state index contributed by atoms with van der Waals surface area (Å²) in [5, 5.41) is 8.31. The predicted molar refractivity (Wildman–Crippen MR) is 73.3 cm³/mol. The molecule has 1 aromatic heterocycles. The summed E-state index contributed by atoms with van der Waals surface area (Å²) in [6.07, 6.45) is 8.80. The van der Waals surface area contributed by atoms with Crippen molar-refractivity contribution in [3.63, 3.8) is 0 Å². The molecule has 1 N–H and O–H groups in total. The summed E-state index contributed by atoms with van der Waals surface area (Å²) in [5.74, 6) is 3.00. The molecule has 0 bridgehead atoms. The predicted octanol–water partition coefficient (Wildman–Crippen LogP) is 2.38. The number of fused-ring (bicyclic) bond motifs is 1. The Morgan fingerprint density at radius 3 is 2.83 bits per heavy atom. The number of aryl methyl sites for hydroxylation is 1. The second kappa shape index (κ2) is 5.04. The molecule has 2 fully saturated rings. The Balaban J connectivity index is 1.62. The molecule has 3 atom stereocenters. The third-order valence-corrected chi connectivity index (χ3v) is 4.79. The summed E-state index contributed by atoms with van der Waals surface area (Å²) < 4.78 is 1.92. The molecule has 2 aliphatic carbocycles. The van der Waals surface area contributed by atoms with Gasteiger partial charge >= 0.3 is 0 Å². The summed E-state index contributed by atoms with van der Waals surface area (Å²) in [6, 6.07) is 2.83. The molecule has 0 radical (unpaired) electrons. The lowest BCUT2D eigenvalue weighted by Gasteiger charge is -2.19. The van der Waals surface area contributed by atoms with E-state index in [0.29, 0.717) is 6.04 Å². The van der Waals surface area contributed by atoms with E-state index in [1.54, 1.807) is 0 Å². The Morgan fingerprint density at radius 2 is 2.22 bits per heavy atom. The van der Waals surface area contributed by atoms with Gasteiger partial charge in [-0.05, 0) is 49.6 Å². The topological polar surface area (TPSA) is 29.9 Å². The summed E-state index contributed by atoms with van der Waals surface area (Å²) in [7, 11) is 2.00. The van der Waals surface area contributed by atoms with Crippen LogP contribution in [0.15, 0.2) is 12.3 Å². The molecule has 3 unspecified atom stereocenters. The maximum Gasteiger partial charge on any atom is 0.0640 e. The number of hydrogen-bond acceptors (Lipinski definition) is 2. The van der Waals surface area contributed by atoms with Crippen molar-refractivity contribution in [1.82, 2.24) is 15.1 Å². The minimum Gasteiger partial charge on any atom is -0.313 e. The second-order valence-corrected chi connectivity index (χ2v) is 6.08. The Kier molecular flexibility index (Phi) is 3.42. The van der Waals surface area contributed by atoms with Crippen molar-refractivity contribution in [2.45, 2.75) is 45.1 Å². The minimum atomic E-state index is 0.662. The summed E-state index contributed by atoms with van der Waals surface area (Å²) in [6.45, 7) is 3.39. The Morgan fingerprint density at radius 1 is 1.44 bits per heavy atom. The highest BCUT2D eigenvalue weighted by Crippen LogP contribution is 2.59. The zero-order valence-electron chi connectivity index (χ0n) is 11.6. The SMILES string of the molecule is CCCNC(Cc1ccn(C)n1)C1C2CCCC21. The van der Waals surface area contributed by atoms with Gasteiger partial charge in [-0.15, -0.1) is 0 Å². The van der Waals surface area contributed by atoms with Crippen molar-refractivity contribution >= 4 is 0 Å². The van der Waals surface area contributed by atoms with Crippen LogP contribution in [-0.2, 0) is 13.5 Å². The zero-order valence-corrected chi connectivity index (χ0v) is 11.6. The molecule has 2 aliphatic rings.